The summed E-state index contributed by atoms with van der Waals surface area (Å²) in [7, 11) is 0. The highest BCUT2D eigenvalue weighted by Crippen LogP contribution is 2.01. The number of nitrogens with one attached hydrogen (secondary N) is 1. The van der Waals surface area contributed by atoms with E-state index < -0.39 is 0 Å². The van der Waals surface area contributed by atoms with Crippen molar-refractivity contribution in [1.82, 2.24) is 10.2 Å². The van der Waals surface area contributed by atoms with Crippen molar-refractivity contribution in [2.75, 3.05) is 45.0 Å². The molecular weight excluding hydrogens is 254 g/mol. The van der Waals surface area contributed by atoms with Crippen LogP contribution in [0.4, 0.5) is 0 Å². The molecule has 0 aliphatic heterocycles. The molecule has 1 unspecified atom stereocenters. The number of likely N-dealkylation sites (N-methyl/N-ethyl adjacent to an activating group) is 1. The number of nitrogens with zero attached hydrogens (tertiary/aromatic N) is 1. The Bertz CT molecular complexity index is 139. The molecule has 1 atom stereocenters. The topological polar surface area (TPSA) is 67.3 Å². The third-order valence-corrected chi connectivity index (χ3v) is 2.89. The summed E-state index contributed by atoms with van der Waals surface area (Å²) in [6.07, 6.45) is 1.21. The second kappa shape index (κ2) is 23.4. The van der Waals surface area contributed by atoms with Gasteiger partial charge < -0.3 is 16.8 Å². The molecule has 0 spiro atoms. The Balaban J connectivity index is -0.000000165. The zero-order valence-corrected chi connectivity index (χ0v) is 12.7. The molecule has 0 aromatic carbocycles. The molecule has 0 bridgehead atoms. The van der Waals surface area contributed by atoms with Crippen LogP contribution in [0.3, 0.4) is 0 Å². The number of hydrogen-bond donors (Lipinski definition) is 4. The van der Waals surface area contributed by atoms with Crippen LogP contribution in [0.15, 0.2) is 0 Å². The van der Waals surface area contributed by atoms with E-state index in [1.54, 1.807) is 0 Å². The van der Waals surface area contributed by atoms with Gasteiger partial charge in [0.25, 0.3) is 0 Å². The Hall–Kier alpha value is 0.320. The molecule has 0 aliphatic rings. The lowest BCUT2D eigenvalue weighted by Gasteiger charge is -2.28. The lowest BCUT2D eigenvalue weighted by atomic mass is 10.2. The highest BCUT2D eigenvalue weighted by atomic mass is 32.1. The third-order valence-electron chi connectivity index (χ3n) is 2.63. The van der Waals surface area contributed by atoms with E-state index in [1.165, 1.54) is 6.42 Å². The zero-order valence-electron chi connectivity index (χ0n) is 11.8. The fourth-order valence-corrected chi connectivity index (χ4v) is 1.64. The molecular formula is C12H38B2N4S. The Morgan fingerprint density at radius 2 is 1.53 bits per heavy atom. The van der Waals surface area contributed by atoms with Gasteiger partial charge in [0.15, 0.2) is 0 Å². The van der Waals surface area contributed by atoms with Crippen LogP contribution in [-0.2, 0) is 0 Å². The number of hydrogen-bond acceptors (Lipinski definition) is 5. The predicted octanol–water partition coefficient (Wildman–Crippen LogP) is -1.84. The van der Waals surface area contributed by atoms with Gasteiger partial charge in [-0.15, -0.1) is 0 Å². The summed E-state index contributed by atoms with van der Waals surface area (Å²) in [5.41, 5.74) is 10.4. The molecule has 0 saturated carbocycles. The summed E-state index contributed by atoms with van der Waals surface area (Å²) in [6, 6.07) is 0.668. The predicted molar refractivity (Wildman–Crippen MR) is 102 cm³/mol. The van der Waals surface area contributed by atoms with Gasteiger partial charge in [-0.25, -0.2) is 0 Å². The third kappa shape index (κ3) is 18.3. The normalized spacial score (nSPS) is 10.9. The van der Waals surface area contributed by atoms with Gasteiger partial charge in [-0.1, -0.05) is 20.8 Å². The van der Waals surface area contributed by atoms with Gasteiger partial charge in [-0.3, -0.25) is 4.90 Å². The van der Waals surface area contributed by atoms with Crippen molar-refractivity contribution < 1.29 is 0 Å². The molecule has 118 valence electrons. The SMILES string of the molecule is B.B.CCC(CNCCN)N(CC)CC.NCCS. The highest BCUT2D eigenvalue weighted by molar-refractivity contribution is 7.80. The average Bonchev–Trinajstić information content (AvgIpc) is 2.38. The van der Waals surface area contributed by atoms with Crippen LogP contribution >= 0.6 is 12.6 Å². The molecule has 7 heteroatoms. The first kappa shape index (κ1) is 27.6. The summed E-state index contributed by atoms with van der Waals surface area (Å²) in [4.78, 5) is 2.49. The average molecular weight is 292 g/mol. The largest absolute Gasteiger partial charge is 0.330 e. The Morgan fingerprint density at radius 3 is 1.79 bits per heavy atom. The second-order valence-corrected chi connectivity index (χ2v) is 4.24. The molecule has 0 saturated heterocycles. The molecule has 0 heterocycles. The van der Waals surface area contributed by atoms with Crippen LogP contribution in [0, 0.1) is 0 Å². The van der Waals surface area contributed by atoms with Gasteiger partial charge in [-0.2, -0.15) is 12.6 Å². The Labute approximate surface area is 130 Å². The van der Waals surface area contributed by atoms with Crippen LogP contribution in [0.5, 0.6) is 0 Å². The lowest BCUT2D eigenvalue weighted by molar-refractivity contribution is 0.206. The van der Waals surface area contributed by atoms with E-state index in [2.05, 4.69) is 43.6 Å². The van der Waals surface area contributed by atoms with Crippen molar-refractivity contribution in [2.24, 2.45) is 11.5 Å². The Morgan fingerprint density at radius 1 is 1.05 bits per heavy atom. The molecule has 4 nitrogen and oxygen atoms in total. The smallest absolute Gasteiger partial charge is 0.0814 e. The van der Waals surface area contributed by atoms with Crippen molar-refractivity contribution >= 4 is 29.5 Å². The maximum atomic E-state index is 5.42. The summed E-state index contributed by atoms with van der Waals surface area (Å²) in [6.45, 7) is 12.4. The van der Waals surface area contributed by atoms with Gasteiger partial charge in [0.1, 0.15) is 0 Å². The highest BCUT2D eigenvalue weighted by Gasteiger charge is 2.11. The van der Waals surface area contributed by atoms with E-state index in [0.717, 1.165) is 38.5 Å². The van der Waals surface area contributed by atoms with Crippen LogP contribution < -0.4 is 16.8 Å². The molecule has 0 aromatic heterocycles. The Kier molecular flexibility index (Phi) is 34.0. The minimum absolute atomic E-state index is 0. The van der Waals surface area contributed by atoms with Gasteiger partial charge >= 0.3 is 0 Å². The van der Waals surface area contributed by atoms with Crippen molar-refractivity contribution in [2.45, 2.75) is 33.2 Å². The molecule has 0 amide bonds. The first-order chi connectivity index (χ1) is 8.21. The molecule has 0 fully saturated rings. The summed E-state index contributed by atoms with van der Waals surface area (Å²) >= 11 is 3.80. The molecule has 19 heavy (non-hydrogen) atoms. The fraction of sp³-hybridized carbons (Fsp3) is 1.00. The van der Waals surface area contributed by atoms with Crippen LogP contribution in [0.1, 0.15) is 27.2 Å². The quantitative estimate of drug-likeness (QED) is 0.229. The molecule has 0 rings (SSSR count). The van der Waals surface area contributed by atoms with Crippen LogP contribution in [-0.4, -0.2) is 72.8 Å². The first-order valence-electron chi connectivity index (χ1n) is 6.67. The van der Waals surface area contributed by atoms with Crippen molar-refractivity contribution in [3.63, 3.8) is 0 Å². The molecule has 5 N–H and O–H groups in total. The molecule has 0 radical (unpaired) electrons. The maximum absolute atomic E-state index is 5.42. The van der Waals surface area contributed by atoms with Gasteiger partial charge in [0.05, 0.1) is 16.8 Å². The van der Waals surface area contributed by atoms with E-state index in [-0.39, 0.29) is 16.8 Å². The van der Waals surface area contributed by atoms with Gasteiger partial charge in [0.2, 0.25) is 0 Å². The zero-order chi connectivity index (χ0) is 13.5. The van der Waals surface area contributed by atoms with E-state index in [0.29, 0.717) is 12.6 Å². The molecule has 0 aliphatic carbocycles. The minimum Gasteiger partial charge on any atom is -0.330 e. The number of thiol groups is 1. The lowest BCUT2D eigenvalue weighted by Crippen LogP contribution is -2.42. The van der Waals surface area contributed by atoms with Crippen LogP contribution in [0.25, 0.3) is 0 Å². The van der Waals surface area contributed by atoms with Crippen molar-refractivity contribution in [1.29, 1.82) is 0 Å². The monoisotopic (exact) mass is 292 g/mol. The van der Waals surface area contributed by atoms with Crippen molar-refractivity contribution in [3.05, 3.63) is 0 Å². The van der Waals surface area contributed by atoms with E-state index >= 15 is 0 Å². The summed E-state index contributed by atoms with van der Waals surface area (Å²) in [5.74, 6) is 0.792. The standard InChI is InChI=1S/C10H25N3.C2H7NS.2BH3/c1-4-10(9-12-8-7-11)13(5-2)6-3;3-1-2-4;;/h10,12H,4-9,11H2,1-3H3;4H,1-3H2;2*1H3. The second-order valence-electron chi connectivity index (χ2n) is 3.79. The molecule has 0 aromatic rings. The van der Waals surface area contributed by atoms with Crippen LogP contribution in [0.2, 0.25) is 0 Å². The van der Waals surface area contributed by atoms with E-state index in [4.69, 9.17) is 11.5 Å². The van der Waals surface area contributed by atoms with Crippen molar-refractivity contribution in [3.8, 4) is 0 Å². The minimum atomic E-state index is 0. The van der Waals surface area contributed by atoms with E-state index in [9.17, 15) is 0 Å². The fourth-order valence-electron chi connectivity index (χ4n) is 1.64. The van der Waals surface area contributed by atoms with Gasteiger partial charge in [-0.05, 0) is 19.5 Å². The number of nitrogens with two attached hydrogens (primary N) is 2. The first-order valence-corrected chi connectivity index (χ1v) is 7.30. The number of rotatable bonds is 9. The summed E-state index contributed by atoms with van der Waals surface area (Å²) in [5, 5.41) is 3.37. The van der Waals surface area contributed by atoms with Gasteiger partial charge in [0, 0.05) is 38.0 Å². The maximum Gasteiger partial charge on any atom is 0.0814 e. The van der Waals surface area contributed by atoms with E-state index in [1.807, 2.05) is 0 Å². The summed E-state index contributed by atoms with van der Waals surface area (Å²) < 4.78 is 0.